The maximum Gasteiger partial charge on any atom is 0.144 e. The van der Waals surface area contributed by atoms with Crippen molar-refractivity contribution < 1.29 is 4.39 Å². The van der Waals surface area contributed by atoms with Crippen molar-refractivity contribution in [3.8, 4) is 0 Å². The summed E-state index contributed by atoms with van der Waals surface area (Å²) in [5, 5.41) is 3.42. The molecule has 2 nitrogen and oxygen atoms in total. The van der Waals surface area contributed by atoms with E-state index in [1.54, 1.807) is 19.2 Å². The topological polar surface area (TPSA) is 24.9 Å². The largest absolute Gasteiger partial charge is 0.338 e. The second kappa shape index (κ2) is 5.24. The van der Waals surface area contributed by atoms with Gasteiger partial charge in [0.25, 0.3) is 0 Å². The minimum atomic E-state index is -0.318. The number of nitrogens with zero attached hydrogens (tertiary/aromatic N) is 1. The van der Waals surface area contributed by atoms with Gasteiger partial charge < -0.3 is 5.32 Å². The van der Waals surface area contributed by atoms with Gasteiger partial charge in [-0.2, -0.15) is 0 Å². The molecule has 0 aliphatic carbocycles. The summed E-state index contributed by atoms with van der Waals surface area (Å²) in [6.45, 7) is 3.66. The zero-order valence-corrected chi connectivity index (χ0v) is 12.2. The van der Waals surface area contributed by atoms with E-state index in [2.05, 4.69) is 26.2 Å². The van der Waals surface area contributed by atoms with E-state index in [0.29, 0.717) is 22.1 Å². The summed E-state index contributed by atoms with van der Waals surface area (Å²) in [5.41, 5.74) is 2.22. The second-order valence-corrected chi connectivity index (χ2v) is 5.20. The Morgan fingerprint density at radius 2 is 2.00 bits per heavy atom. The first-order valence-corrected chi connectivity index (χ1v) is 6.50. The highest BCUT2D eigenvalue weighted by Gasteiger charge is 2.09. The average Bonchev–Trinajstić information content (AvgIpc) is 2.32. The summed E-state index contributed by atoms with van der Waals surface area (Å²) in [7, 11) is 0. The van der Waals surface area contributed by atoms with Crippen molar-refractivity contribution in [2.75, 3.05) is 5.32 Å². The van der Waals surface area contributed by atoms with Crippen LogP contribution in [0.5, 0.6) is 0 Å². The molecule has 5 heteroatoms. The lowest BCUT2D eigenvalue weighted by Gasteiger charge is -2.11. The molecule has 94 valence electrons. The third kappa shape index (κ3) is 2.65. The van der Waals surface area contributed by atoms with E-state index in [4.69, 9.17) is 11.6 Å². The summed E-state index contributed by atoms with van der Waals surface area (Å²) in [6.07, 6.45) is 1.70. The number of nitrogens with one attached hydrogen (secondary N) is 1. The van der Waals surface area contributed by atoms with Crippen LogP contribution >= 0.6 is 27.5 Å². The molecule has 0 spiro atoms. The molecular formula is C13H11BrClFN2. The second-order valence-electron chi connectivity index (χ2n) is 4.00. The molecule has 0 saturated heterocycles. The van der Waals surface area contributed by atoms with E-state index in [9.17, 15) is 4.39 Å². The Labute approximate surface area is 118 Å². The molecular weight excluding hydrogens is 319 g/mol. The summed E-state index contributed by atoms with van der Waals surface area (Å²) in [4.78, 5) is 4.22. The van der Waals surface area contributed by atoms with Gasteiger partial charge in [-0.3, -0.25) is 0 Å². The predicted octanol–water partition coefficient (Wildman–Crippen LogP) is 5.00. The molecule has 0 aliphatic heterocycles. The average molecular weight is 330 g/mol. The normalized spacial score (nSPS) is 10.5. The van der Waals surface area contributed by atoms with Gasteiger partial charge in [-0.15, -0.1) is 0 Å². The number of benzene rings is 1. The van der Waals surface area contributed by atoms with Crippen molar-refractivity contribution in [3.63, 3.8) is 0 Å². The highest BCUT2D eigenvalue weighted by Crippen LogP contribution is 2.31. The zero-order valence-electron chi connectivity index (χ0n) is 9.89. The number of anilines is 2. The summed E-state index contributed by atoms with van der Waals surface area (Å²) in [5.74, 6) is 0.338. The van der Waals surface area contributed by atoms with Crippen LogP contribution in [0.3, 0.4) is 0 Å². The molecule has 0 bridgehead atoms. The molecule has 18 heavy (non-hydrogen) atoms. The fraction of sp³-hybridized carbons (Fsp3) is 0.154. The molecule has 0 amide bonds. The van der Waals surface area contributed by atoms with Crippen LogP contribution in [0.4, 0.5) is 15.9 Å². The van der Waals surface area contributed by atoms with Crippen LogP contribution in [-0.4, -0.2) is 4.98 Å². The first-order valence-electron chi connectivity index (χ1n) is 5.33. The number of pyridine rings is 1. The SMILES string of the molecule is Cc1cc(Nc2nccc(C)c2Br)c(Cl)cc1F. The predicted molar refractivity (Wildman–Crippen MR) is 76.1 cm³/mol. The first-order chi connectivity index (χ1) is 8.49. The molecule has 1 N–H and O–H groups in total. The Morgan fingerprint density at radius 1 is 1.28 bits per heavy atom. The van der Waals surface area contributed by atoms with E-state index < -0.39 is 0 Å². The van der Waals surface area contributed by atoms with Gasteiger partial charge in [0, 0.05) is 6.20 Å². The van der Waals surface area contributed by atoms with Crippen LogP contribution < -0.4 is 5.32 Å². The van der Waals surface area contributed by atoms with Crippen LogP contribution in [-0.2, 0) is 0 Å². The van der Waals surface area contributed by atoms with E-state index in [1.807, 2.05) is 13.0 Å². The van der Waals surface area contributed by atoms with Gasteiger partial charge in [0.15, 0.2) is 0 Å². The minimum absolute atomic E-state index is 0.318. The monoisotopic (exact) mass is 328 g/mol. The van der Waals surface area contributed by atoms with Crippen LogP contribution in [0, 0.1) is 19.7 Å². The maximum atomic E-state index is 13.3. The van der Waals surface area contributed by atoms with Crippen molar-refractivity contribution in [2.45, 2.75) is 13.8 Å². The van der Waals surface area contributed by atoms with Crippen molar-refractivity contribution in [1.29, 1.82) is 0 Å². The fourth-order valence-electron chi connectivity index (χ4n) is 1.51. The molecule has 0 fully saturated rings. The van der Waals surface area contributed by atoms with Gasteiger partial charge in [0.2, 0.25) is 0 Å². The number of aryl methyl sites for hydroxylation is 2. The highest BCUT2D eigenvalue weighted by atomic mass is 79.9. The lowest BCUT2D eigenvalue weighted by atomic mass is 10.2. The Balaban J connectivity index is 2.40. The number of aromatic nitrogens is 1. The highest BCUT2D eigenvalue weighted by molar-refractivity contribution is 9.10. The van der Waals surface area contributed by atoms with Crippen LogP contribution in [0.15, 0.2) is 28.9 Å². The van der Waals surface area contributed by atoms with E-state index in [1.165, 1.54) is 6.07 Å². The van der Waals surface area contributed by atoms with E-state index in [-0.39, 0.29) is 5.82 Å². The molecule has 2 rings (SSSR count). The number of hydrogen-bond donors (Lipinski definition) is 1. The van der Waals surface area contributed by atoms with Crippen LogP contribution in [0.25, 0.3) is 0 Å². The maximum absolute atomic E-state index is 13.3. The third-order valence-electron chi connectivity index (χ3n) is 2.58. The lowest BCUT2D eigenvalue weighted by molar-refractivity contribution is 0.619. The van der Waals surface area contributed by atoms with Crippen LogP contribution in [0.2, 0.25) is 5.02 Å². The van der Waals surface area contributed by atoms with Gasteiger partial charge in [-0.25, -0.2) is 9.37 Å². The van der Waals surface area contributed by atoms with Gasteiger partial charge in [-0.05, 0) is 59.1 Å². The molecule has 0 atom stereocenters. The van der Waals surface area contributed by atoms with Crippen molar-refractivity contribution in [2.24, 2.45) is 0 Å². The summed E-state index contributed by atoms with van der Waals surface area (Å²) in [6, 6.07) is 4.85. The molecule has 0 saturated carbocycles. The summed E-state index contributed by atoms with van der Waals surface area (Å²) < 4.78 is 14.2. The van der Waals surface area contributed by atoms with Gasteiger partial charge in [0.05, 0.1) is 15.2 Å². The minimum Gasteiger partial charge on any atom is -0.338 e. The quantitative estimate of drug-likeness (QED) is 0.839. The molecule has 1 heterocycles. The van der Waals surface area contributed by atoms with E-state index >= 15 is 0 Å². The molecule has 1 aromatic heterocycles. The smallest absolute Gasteiger partial charge is 0.144 e. The van der Waals surface area contributed by atoms with Crippen molar-refractivity contribution >= 4 is 39.0 Å². The molecule has 1 aromatic carbocycles. The number of hydrogen-bond acceptors (Lipinski definition) is 2. The fourth-order valence-corrected chi connectivity index (χ4v) is 2.04. The van der Waals surface area contributed by atoms with Gasteiger partial charge >= 0.3 is 0 Å². The van der Waals surface area contributed by atoms with Gasteiger partial charge in [0.1, 0.15) is 11.6 Å². The Morgan fingerprint density at radius 3 is 2.72 bits per heavy atom. The zero-order chi connectivity index (χ0) is 13.3. The number of rotatable bonds is 2. The van der Waals surface area contributed by atoms with Crippen molar-refractivity contribution in [1.82, 2.24) is 4.98 Å². The number of halogens is 3. The van der Waals surface area contributed by atoms with Gasteiger partial charge in [-0.1, -0.05) is 11.6 Å². The molecule has 0 radical (unpaired) electrons. The van der Waals surface area contributed by atoms with Crippen molar-refractivity contribution in [3.05, 3.63) is 50.8 Å². The third-order valence-corrected chi connectivity index (χ3v) is 3.90. The standard InChI is InChI=1S/C13H11BrClFN2/c1-7-3-4-17-13(12(7)14)18-11-5-8(2)10(16)6-9(11)15/h3-6H,1-2H3,(H,17,18). The molecule has 0 aliphatic rings. The molecule has 0 unspecified atom stereocenters. The lowest BCUT2D eigenvalue weighted by Crippen LogP contribution is -1.98. The Bertz CT molecular complexity index is 602. The first kappa shape index (κ1) is 13.3. The Kier molecular flexibility index (Phi) is 3.88. The van der Waals surface area contributed by atoms with E-state index in [0.717, 1.165) is 10.0 Å². The molecule has 2 aromatic rings. The summed E-state index contributed by atoms with van der Waals surface area (Å²) >= 11 is 9.45. The Hall–Kier alpha value is -1.13. The van der Waals surface area contributed by atoms with Crippen LogP contribution in [0.1, 0.15) is 11.1 Å².